The van der Waals surface area contributed by atoms with Crippen molar-refractivity contribution in [2.45, 2.75) is 25.9 Å². The van der Waals surface area contributed by atoms with E-state index in [1.807, 2.05) is 30.3 Å². The van der Waals surface area contributed by atoms with E-state index >= 15 is 0 Å². The van der Waals surface area contributed by atoms with Gasteiger partial charge >= 0.3 is 0 Å². The number of rotatable bonds is 5. The van der Waals surface area contributed by atoms with Crippen molar-refractivity contribution in [2.24, 2.45) is 5.92 Å². The molecule has 2 heterocycles. The lowest BCUT2D eigenvalue weighted by molar-refractivity contribution is -0.126. The number of pyridine rings is 1. The van der Waals surface area contributed by atoms with E-state index in [2.05, 4.69) is 15.2 Å². The fraction of sp³-hybridized carbons (Fsp3) is 0.368. The largest absolute Gasteiger partial charge is 0.352 e. The SMILES string of the molecule is O=C(NCc1ccncc1)C1CCCN(Cc2ccc(Cl)c(Cl)c2)C1. The second kappa shape index (κ2) is 8.65. The van der Waals surface area contributed by atoms with Crippen LogP contribution in [0.1, 0.15) is 24.0 Å². The van der Waals surface area contributed by atoms with E-state index in [-0.39, 0.29) is 11.8 Å². The third-order valence-corrected chi connectivity index (χ3v) is 5.22. The molecule has 1 aliphatic heterocycles. The molecule has 1 N–H and O–H groups in total. The van der Waals surface area contributed by atoms with Crippen molar-refractivity contribution in [1.29, 1.82) is 0 Å². The minimum absolute atomic E-state index is 0.0263. The second-order valence-electron chi connectivity index (χ2n) is 6.40. The topological polar surface area (TPSA) is 45.2 Å². The molecule has 1 aromatic heterocycles. The molecule has 1 saturated heterocycles. The van der Waals surface area contributed by atoms with Gasteiger partial charge in [-0.3, -0.25) is 14.7 Å². The Morgan fingerprint density at radius 1 is 1.16 bits per heavy atom. The molecular formula is C19H21Cl2N3O. The van der Waals surface area contributed by atoms with Crippen LogP contribution in [0.25, 0.3) is 0 Å². The number of aromatic nitrogens is 1. The van der Waals surface area contributed by atoms with Gasteiger partial charge in [-0.15, -0.1) is 0 Å². The zero-order valence-corrected chi connectivity index (χ0v) is 15.4. The number of amides is 1. The van der Waals surface area contributed by atoms with Gasteiger partial charge in [0.2, 0.25) is 5.91 Å². The number of hydrogen-bond acceptors (Lipinski definition) is 3. The lowest BCUT2D eigenvalue weighted by Gasteiger charge is -2.32. The van der Waals surface area contributed by atoms with Crippen LogP contribution in [0, 0.1) is 5.92 Å². The van der Waals surface area contributed by atoms with Gasteiger partial charge in [-0.25, -0.2) is 0 Å². The van der Waals surface area contributed by atoms with Crippen molar-refractivity contribution in [2.75, 3.05) is 13.1 Å². The van der Waals surface area contributed by atoms with Crippen LogP contribution >= 0.6 is 23.2 Å². The summed E-state index contributed by atoms with van der Waals surface area (Å²) < 4.78 is 0. The maximum Gasteiger partial charge on any atom is 0.224 e. The number of benzene rings is 1. The summed E-state index contributed by atoms with van der Waals surface area (Å²) in [6, 6.07) is 9.54. The van der Waals surface area contributed by atoms with E-state index in [0.717, 1.165) is 43.6 Å². The van der Waals surface area contributed by atoms with E-state index in [9.17, 15) is 4.79 Å². The number of carbonyl (C=O) groups is 1. The highest BCUT2D eigenvalue weighted by Crippen LogP contribution is 2.25. The summed E-state index contributed by atoms with van der Waals surface area (Å²) in [5.41, 5.74) is 2.18. The van der Waals surface area contributed by atoms with Gasteiger partial charge in [0.1, 0.15) is 0 Å². The second-order valence-corrected chi connectivity index (χ2v) is 7.21. The lowest BCUT2D eigenvalue weighted by Crippen LogP contribution is -2.42. The first-order chi connectivity index (χ1) is 12.1. The van der Waals surface area contributed by atoms with Gasteiger partial charge in [0.25, 0.3) is 0 Å². The number of carbonyl (C=O) groups excluding carboxylic acids is 1. The third kappa shape index (κ3) is 5.18. The summed E-state index contributed by atoms with van der Waals surface area (Å²) in [7, 11) is 0. The van der Waals surface area contributed by atoms with Gasteiger partial charge in [-0.05, 0) is 54.8 Å². The molecule has 0 aliphatic carbocycles. The van der Waals surface area contributed by atoms with Gasteiger partial charge in [-0.2, -0.15) is 0 Å². The predicted molar refractivity (Wildman–Crippen MR) is 101 cm³/mol. The number of piperidine rings is 1. The van der Waals surface area contributed by atoms with E-state index in [0.29, 0.717) is 16.6 Å². The van der Waals surface area contributed by atoms with E-state index in [1.165, 1.54) is 0 Å². The van der Waals surface area contributed by atoms with Crippen LogP contribution < -0.4 is 5.32 Å². The van der Waals surface area contributed by atoms with Gasteiger partial charge in [0.15, 0.2) is 0 Å². The molecule has 132 valence electrons. The maximum atomic E-state index is 12.5. The van der Waals surface area contributed by atoms with Gasteiger partial charge < -0.3 is 5.32 Å². The molecule has 0 saturated carbocycles. The average molecular weight is 378 g/mol. The zero-order chi connectivity index (χ0) is 17.6. The van der Waals surface area contributed by atoms with Crippen LogP contribution in [0.5, 0.6) is 0 Å². The molecule has 3 rings (SSSR count). The van der Waals surface area contributed by atoms with Crippen LogP contribution in [0.2, 0.25) is 10.0 Å². The Morgan fingerprint density at radius 3 is 2.72 bits per heavy atom. The highest BCUT2D eigenvalue weighted by molar-refractivity contribution is 6.42. The minimum atomic E-state index is 0.0263. The fourth-order valence-corrected chi connectivity index (χ4v) is 3.46. The van der Waals surface area contributed by atoms with Gasteiger partial charge in [-0.1, -0.05) is 29.3 Å². The molecule has 1 atom stereocenters. The molecule has 2 aromatic rings. The smallest absolute Gasteiger partial charge is 0.224 e. The third-order valence-electron chi connectivity index (χ3n) is 4.48. The van der Waals surface area contributed by atoms with Crippen LogP contribution in [0.15, 0.2) is 42.7 Å². The molecule has 4 nitrogen and oxygen atoms in total. The zero-order valence-electron chi connectivity index (χ0n) is 13.9. The first kappa shape index (κ1) is 18.2. The van der Waals surface area contributed by atoms with E-state index in [4.69, 9.17) is 23.2 Å². The molecular weight excluding hydrogens is 357 g/mol. The Hall–Kier alpha value is -1.62. The Labute approximate surface area is 158 Å². The summed E-state index contributed by atoms with van der Waals surface area (Å²) in [5.74, 6) is 0.147. The van der Waals surface area contributed by atoms with Crippen LogP contribution in [-0.2, 0) is 17.9 Å². The van der Waals surface area contributed by atoms with Crippen molar-refractivity contribution < 1.29 is 4.79 Å². The quantitative estimate of drug-likeness (QED) is 0.858. The molecule has 1 amide bonds. The Morgan fingerprint density at radius 2 is 1.96 bits per heavy atom. The number of halogens is 2. The molecule has 0 bridgehead atoms. The minimum Gasteiger partial charge on any atom is -0.352 e. The monoisotopic (exact) mass is 377 g/mol. The Kier molecular flexibility index (Phi) is 6.29. The van der Waals surface area contributed by atoms with Crippen molar-refractivity contribution in [3.8, 4) is 0 Å². The molecule has 1 aromatic carbocycles. The predicted octanol–water partition coefficient (Wildman–Crippen LogP) is 3.92. The number of likely N-dealkylation sites (tertiary alicyclic amines) is 1. The van der Waals surface area contributed by atoms with Crippen molar-refractivity contribution in [1.82, 2.24) is 15.2 Å². The maximum absolute atomic E-state index is 12.5. The highest BCUT2D eigenvalue weighted by Gasteiger charge is 2.25. The Balaban J connectivity index is 1.53. The van der Waals surface area contributed by atoms with E-state index in [1.54, 1.807) is 12.4 Å². The van der Waals surface area contributed by atoms with Crippen molar-refractivity contribution in [3.63, 3.8) is 0 Å². The van der Waals surface area contributed by atoms with Gasteiger partial charge in [0.05, 0.1) is 16.0 Å². The molecule has 25 heavy (non-hydrogen) atoms. The normalized spacial score (nSPS) is 18.1. The summed E-state index contributed by atoms with van der Waals surface area (Å²) in [4.78, 5) is 18.8. The molecule has 1 aliphatic rings. The van der Waals surface area contributed by atoms with Crippen molar-refractivity contribution in [3.05, 3.63) is 63.9 Å². The summed E-state index contributed by atoms with van der Waals surface area (Å²) >= 11 is 12.1. The average Bonchev–Trinajstić information content (AvgIpc) is 2.64. The number of hydrogen-bond donors (Lipinski definition) is 1. The first-order valence-electron chi connectivity index (χ1n) is 8.45. The van der Waals surface area contributed by atoms with E-state index < -0.39 is 0 Å². The molecule has 0 spiro atoms. The van der Waals surface area contributed by atoms with Crippen LogP contribution in [0.3, 0.4) is 0 Å². The summed E-state index contributed by atoms with van der Waals surface area (Å²) in [5, 5.41) is 4.18. The molecule has 1 unspecified atom stereocenters. The number of nitrogens with zero attached hydrogens (tertiary/aromatic N) is 2. The summed E-state index contributed by atoms with van der Waals surface area (Å²) in [6.07, 6.45) is 5.43. The first-order valence-corrected chi connectivity index (χ1v) is 9.20. The van der Waals surface area contributed by atoms with Crippen LogP contribution in [-0.4, -0.2) is 28.9 Å². The summed E-state index contributed by atoms with van der Waals surface area (Å²) in [6.45, 7) is 3.09. The highest BCUT2D eigenvalue weighted by atomic mass is 35.5. The number of nitrogens with one attached hydrogen (secondary N) is 1. The Bertz CT molecular complexity index is 724. The molecule has 0 radical (unpaired) electrons. The van der Waals surface area contributed by atoms with Crippen molar-refractivity contribution >= 4 is 29.1 Å². The lowest BCUT2D eigenvalue weighted by atomic mass is 9.96. The fourth-order valence-electron chi connectivity index (χ4n) is 3.14. The molecule has 1 fully saturated rings. The van der Waals surface area contributed by atoms with Crippen LogP contribution in [0.4, 0.5) is 0 Å². The standard InChI is InChI=1S/C19H21Cl2N3O/c20-17-4-3-15(10-18(17)21)12-24-9-1-2-16(13-24)19(25)23-11-14-5-7-22-8-6-14/h3-8,10,16H,1-2,9,11-13H2,(H,23,25). The van der Waals surface area contributed by atoms with Gasteiger partial charge in [0, 0.05) is 32.0 Å². The molecule has 6 heteroatoms.